The van der Waals surface area contributed by atoms with Crippen LogP contribution in [0.2, 0.25) is 0 Å². The normalized spacial score (nSPS) is 14.6. The third kappa shape index (κ3) is 2.01. The van der Waals surface area contributed by atoms with Gasteiger partial charge in [0, 0.05) is 34.8 Å². The maximum atomic E-state index is 4.55. The molecule has 4 rings (SSSR count). The monoisotopic (exact) mass is 345 g/mol. The van der Waals surface area contributed by atoms with Crippen LogP contribution in [0.15, 0.2) is 40.4 Å². The molecule has 20 heavy (non-hydrogen) atoms. The minimum Gasteiger partial charge on any atom is -0.365 e. The fourth-order valence-corrected chi connectivity index (χ4v) is 3.91. The molecular weight excluding hydrogens is 334 g/mol. The second kappa shape index (κ2) is 4.82. The molecule has 3 nitrogen and oxygen atoms in total. The molecule has 0 N–H and O–H groups in total. The average molecular weight is 346 g/mol. The van der Waals surface area contributed by atoms with E-state index in [0.29, 0.717) is 0 Å². The van der Waals surface area contributed by atoms with Crippen molar-refractivity contribution in [1.82, 2.24) is 9.97 Å². The molecule has 0 aromatic carbocycles. The molecule has 0 amide bonds. The lowest BCUT2D eigenvalue weighted by Gasteiger charge is -2.29. The van der Waals surface area contributed by atoms with Gasteiger partial charge in [-0.15, -0.1) is 11.3 Å². The van der Waals surface area contributed by atoms with Crippen LogP contribution >= 0.6 is 27.3 Å². The topological polar surface area (TPSA) is 29.0 Å². The quantitative estimate of drug-likeness (QED) is 0.667. The zero-order valence-electron chi connectivity index (χ0n) is 10.7. The van der Waals surface area contributed by atoms with Crippen molar-refractivity contribution in [2.24, 2.45) is 0 Å². The number of aromatic nitrogens is 2. The van der Waals surface area contributed by atoms with Gasteiger partial charge >= 0.3 is 0 Å². The average Bonchev–Trinajstić information content (AvgIpc) is 2.93. The van der Waals surface area contributed by atoms with Gasteiger partial charge < -0.3 is 4.90 Å². The number of halogens is 1. The summed E-state index contributed by atoms with van der Waals surface area (Å²) in [6.07, 6.45) is 4.83. The fourth-order valence-electron chi connectivity index (χ4n) is 2.70. The van der Waals surface area contributed by atoms with E-state index in [0.717, 1.165) is 35.0 Å². The van der Waals surface area contributed by atoms with E-state index in [9.17, 15) is 0 Å². The van der Waals surface area contributed by atoms with Gasteiger partial charge in [-0.05, 0) is 51.5 Å². The maximum absolute atomic E-state index is 4.55. The minimum absolute atomic E-state index is 0.938. The summed E-state index contributed by atoms with van der Waals surface area (Å²) in [5.41, 5.74) is 4.55. The van der Waals surface area contributed by atoms with Crippen molar-refractivity contribution in [1.29, 1.82) is 0 Å². The Bertz CT molecular complexity index is 784. The van der Waals surface area contributed by atoms with E-state index >= 15 is 0 Å². The van der Waals surface area contributed by atoms with E-state index in [2.05, 4.69) is 48.3 Å². The van der Waals surface area contributed by atoms with E-state index in [1.54, 1.807) is 0 Å². The lowest BCUT2D eigenvalue weighted by molar-refractivity contribution is 0.745. The molecule has 4 heterocycles. The molecule has 0 saturated heterocycles. The second-order valence-corrected chi connectivity index (χ2v) is 6.81. The molecule has 0 aliphatic carbocycles. The first-order valence-electron chi connectivity index (χ1n) is 6.52. The summed E-state index contributed by atoms with van der Waals surface area (Å²) in [6, 6.07) is 6.33. The van der Waals surface area contributed by atoms with Crippen LogP contribution in [0.3, 0.4) is 0 Å². The lowest BCUT2D eigenvalue weighted by Crippen LogP contribution is -2.29. The molecule has 0 unspecified atom stereocenters. The first-order valence-corrected chi connectivity index (χ1v) is 8.19. The molecule has 0 saturated carbocycles. The molecule has 3 aromatic rings. The van der Waals surface area contributed by atoms with Gasteiger partial charge in [-0.1, -0.05) is 0 Å². The Kier molecular flexibility index (Phi) is 2.97. The van der Waals surface area contributed by atoms with Gasteiger partial charge in [0.1, 0.15) is 5.52 Å². The Morgan fingerprint density at radius 3 is 3.15 bits per heavy atom. The molecule has 3 aromatic heterocycles. The first kappa shape index (κ1) is 12.3. The van der Waals surface area contributed by atoms with E-state index in [-0.39, 0.29) is 0 Å². The highest BCUT2D eigenvalue weighted by Gasteiger charge is 2.19. The van der Waals surface area contributed by atoms with Crippen molar-refractivity contribution in [2.45, 2.75) is 13.0 Å². The Balaban J connectivity index is 1.80. The fraction of sp³-hybridized carbons (Fsp3) is 0.200. The van der Waals surface area contributed by atoms with Crippen LogP contribution in [-0.2, 0) is 13.0 Å². The molecule has 1 aliphatic rings. The maximum Gasteiger partial charge on any atom is 0.112 e. The summed E-state index contributed by atoms with van der Waals surface area (Å²) in [7, 11) is 0. The van der Waals surface area contributed by atoms with Crippen LogP contribution in [-0.4, -0.2) is 16.5 Å². The number of thiophene rings is 1. The Morgan fingerprint density at radius 2 is 2.20 bits per heavy atom. The molecule has 100 valence electrons. The van der Waals surface area contributed by atoms with Gasteiger partial charge in [-0.2, -0.15) is 0 Å². The number of anilines is 1. The van der Waals surface area contributed by atoms with E-state index in [1.807, 2.05) is 29.8 Å². The summed E-state index contributed by atoms with van der Waals surface area (Å²) >= 11 is 5.32. The molecule has 0 radical (unpaired) electrons. The first-order chi connectivity index (χ1) is 9.81. The lowest BCUT2D eigenvalue weighted by atomic mass is 10.1. The zero-order chi connectivity index (χ0) is 13.5. The summed E-state index contributed by atoms with van der Waals surface area (Å²) < 4.78 is 0.966. The molecule has 0 spiro atoms. The van der Waals surface area contributed by atoms with Gasteiger partial charge in [-0.25, -0.2) is 0 Å². The second-order valence-electron chi connectivity index (χ2n) is 4.89. The van der Waals surface area contributed by atoms with Gasteiger partial charge in [0.25, 0.3) is 0 Å². The number of fused-ring (bicyclic) bond motifs is 2. The van der Waals surface area contributed by atoms with Crippen molar-refractivity contribution in [3.05, 3.63) is 50.9 Å². The van der Waals surface area contributed by atoms with Crippen molar-refractivity contribution in [2.75, 3.05) is 11.4 Å². The predicted octanol–water partition coefficient (Wildman–Crippen LogP) is 4.02. The summed E-state index contributed by atoms with van der Waals surface area (Å²) in [5, 5.41) is 2.19. The highest BCUT2D eigenvalue weighted by Crippen LogP contribution is 2.31. The Hall–Kier alpha value is -1.46. The highest BCUT2D eigenvalue weighted by molar-refractivity contribution is 9.10. The van der Waals surface area contributed by atoms with Crippen LogP contribution in [0, 0.1) is 0 Å². The summed E-state index contributed by atoms with van der Waals surface area (Å²) in [4.78, 5) is 12.9. The van der Waals surface area contributed by atoms with Crippen molar-refractivity contribution in [3.63, 3.8) is 0 Å². The van der Waals surface area contributed by atoms with Crippen LogP contribution in [0.5, 0.6) is 0 Å². The SMILES string of the molecule is Brc1cnc2c(N3CCc4sccc4C3)ccnc2c1. The van der Waals surface area contributed by atoms with E-state index in [4.69, 9.17) is 0 Å². The van der Waals surface area contributed by atoms with Gasteiger partial charge in [0.15, 0.2) is 0 Å². The van der Waals surface area contributed by atoms with Gasteiger partial charge in [0.05, 0.1) is 11.2 Å². The Labute approximate surface area is 129 Å². The Morgan fingerprint density at radius 1 is 1.25 bits per heavy atom. The molecular formula is C15H12BrN3S. The highest BCUT2D eigenvalue weighted by atomic mass is 79.9. The zero-order valence-corrected chi connectivity index (χ0v) is 13.1. The summed E-state index contributed by atoms with van der Waals surface area (Å²) in [6.45, 7) is 2.01. The van der Waals surface area contributed by atoms with Crippen LogP contribution in [0.1, 0.15) is 10.4 Å². The smallest absolute Gasteiger partial charge is 0.112 e. The number of nitrogens with zero attached hydrogens (tertiary/aromatic N) is 3. The largest absolute Gasteiger partial charge is 0.365 e. The minimum atomic E-state index is 0.938. The number of pyridine rings is 2. The van der Waals surface area contributed by atoms with Crippen molar-refractivity contribution in [3.8, 4) is 0 Å². The molecule has 0 fully saturated rings. The molecule has 1 aliphatic heterocycles. The number of hydrogen-bond acceptors (Lipinski definition) is 4. The molecule has 5 heteroatoms. The van der Waals surface area contributed by atoms with Crippen LogP contribution in [0.25, 0.3) is 11.0 Å². The third-order valence-electron chi connectivity index (χ3n) is 3.67. The predicted molar refractivity (Wildman–Crippen MR) is 86.3 cm³/mol. The van der Waals surface area contributed by atoms with Gasteiger partial charge in [-0.3, -0.25) is 9.97 Å². The standard InChI is InChI=1S/C15H12BrN3S/c16-11-7-12-15(18-8-11)13(1-4-17-12)19-5-2-14-10(9-19)3-6-20-14/h1,3-4,6-8H,2,5,9H2. The molecule has 0 bridgehead atoms. The number of rotatable bonds is 1. The van der Waals surface area contributed by atoms with Gasteiger partial charge in [0.2, 0.25) is 0 Å². The van der Waals surface area contributed by atoms with Crippen LogP contribution < -0.4 is 4.90 Å². The van der Waals surface area contributed by atoms with E-state index < -0.39 is 0 Å². The molecule has 0 atom stereocenters. The number of hydrogen-bond donors (Lipinski definition) is 0. The third-order valence-corrected chi connectivity index (χ3v) is 5.13. The van der Waals surface area contributed by atoms with Crippen LogP contribution in [0.4, 0.5) is 5.69 Å². The van der Waals surface area contributed by atoms with Crippen molar-refractivity contribution >= 4 is 44.0 Å². The summed E-state index contributed by atoms with van der Waals surface area (Å²) in [5.74, 6) is 0. The van der Waals surface area contributed by atoms with E-state index in [1.165, 1.54) is 16.1 Å². The van der Waals surface area contributed by atoms with Crippen molar-refractivity contribution < 1.29 is 0 Å².